The zero-order valence-electron chi connectivity index (χ0n) is 14.6. The van der Waals surface area contributed by atoms with Crippen LogP contribution >= 0.6 is 15.9 Å². The lowest BCUT2D eigenvalue weighted by atomic mass is 10.0. The van der Waals surface area contributed by atoms with E-state index in [9.17, 15) is 4.79 Å². The van der Waals surface area contributed by atoms with Crippen molar-refractivity contribution < 1.29 is 9.69 Å². The molecule has 5 heteroatoms. The fraction of sp³-hybridized carbons (Fsp3) is 0.316. The summed E-state index contributed by atoms with van der Waals surface area (Å²) in [5, 5.41) is 3.06. The summed E-state index contributed by atoms with van der Waals surface area (Å²) < 4.78 is 0.812. The molecule has 0 unspecified atom stereocenters. The number of hydrogen-bond donors (Lipinski definition) is 2. The Bertz CT molecular complexity index is 683. The van der Waals surface area contributed by atoms with Crippen LogP contribution in [-0.4, -0.2) is 40.6 Å². The summed E-state index contributed by atoms with van der Waals surface area (Å²) in [5.41, 5.74) is 3.05. The normalized spacial score (nSPS) is 12.1. The van der Waals surface area contributed by atoms with Gasteiger partial charge in [-0.25, -0.2) is 0 Å². The number of halogens is 1. The van der Waals surface area contributed by atoms with Crippen LogP contribution in [0.25, 0.3) is 0 Å². The number of benzene rings is 2. The third kappa shape index (κ3) is 4.58. The number of nitrogens with zero attached hydrogens (tertiary/aromatic N) is 1. The molecule has 0 bridgehead atoms. The van der Waals surface area contributed by atoms with Gasteiger partial charge in [-0.15, -0.1) is 0 Å². The molecule has 0 aliphatic carbocycles. The third-order valence-corrected chi connectivity index (χ3v) is 4.79. The Morgan fingerprint density at radius 1 is 1.12 bits per heavy atom. The average molecular weight is 391 g/mol. The van der Waals surface area contributed by atoms with Crippen molar-refractivity contribution in [3.8, 4) is 0 Å². The summed E-state index contributed by atoms with van der Waals surface area (Å²) in [4.78, 5) is 15.8. The Morgan fingerprint density at radius 3 is 2.29 bits per heavy atom. The van der Waals surface area contributed by atoms with E-state index in [0.29, 0.717) is 12.1 Å². The minimum absolute atomic E-state index is 0.0568. The first-order valence-electron chi connectivity index (χ1n) is 8.00. The van der Waals surface area contributed by atoms with Gasteiger partial charge in [-0.1, -0.05) is 24.3 Å². The molecule has 1 amide bonds. The summed E-state index contributed by atoms with van der Waals surface area (Å²) in [7, 11) is 8.27. The van der Waals surface area contributed by atoms with Gasteiger partial charge in [0.15, 0.2) is 0 Å². The highest BCUT2D eigenvalue weighted by Gasteiger charge is 2.20. The highest BCUT2D eigenvalue weighted by atomic mass is 79.9. The molecule has 0 spiro atoms. The maximum Gasteiger partial charge on any atom is 0.252 e. The van der Waals surface area contributed by atoms with Crippen LogP contribution in [0.1, 0.15) is 22.0 Å². The largest absolute Gasteiger partial charge is 0.378 e. The van der Waals surface area contributed by atoms with Crippen LogP contribution in [0.4, 0.5) is 5.69 Å². The number of carbonyl (C=O) groups excluding carboxylic acids is 1. The SMILES string of the molecule is CN(C)c1ccc([C@H](CNC(=O)c2ccccc2Br)[NH+](C)C)cc1. The van der Waals surface area contributed by atoms with Gasteiger partial charge in [-0.3, -0.25) is 4.79 Å². The van der Waals surface area contributed by atoms with Crippen molar-refractivity contribution in [3.05, 3.63) is 64.1 Å². The first kappa shape index (κ1) is 18.5. The minimum atomic E-state index is -0.0568. The zero-order valence-corrected chi connectivity index (χ0v) is 16.2. The van der Waals surface area contributed by atoms with E-state index in [1.54, 1.807) is 0 Å². The number of quaternary nitrogens is 1. The molecule has 2 aromatic carbocycles. The molecule has 0 heterocycles. The van der Waals surface area contributed by atoms with Crippen LogP contribution in [-0.2, 0) is 0 Å². The van der Waals surface area contributed by atoms with E-state index in [4.69, 9.17) is 0 Å². The highest BCUT2D eigenvalue weighted by molar-refractivity contribution is 9.10. The van der Waals surface area contributed by atoms with Crippen LogP contribution < -0.4 is 15.1 Å². The zero-order chi connectivity index (χ0) is 17.7. The summed E-state index contributed by atoms with van der Waals surface area (Å²) in [5.74, 6) is -0.0568. The predicted molar refractivity (Wildman–Crippen MR) is 103 cm³/mol. The molecule has 24 heavy (non-hydrogen) atoms. The van der Waals surface area contributed by atoms with E-state index in [1.165, 1.54) is 16.2 Å². The van der Waals surface area contributed by atoms with Gasteiger partial charge in [0.2, 0.25) is 0 Å². The molecule has 4 nitrogen and oxygen atoms in total. The van der Waals surface area contributed by atoms with Gasteiger partial charge in [-0.2, -0.15) is 0 Å². The molecular formula is C19H25BrN3O+. The van der Waals surface area contributed by atoms with Crippen LogP contribution in [0.3, 0.4) is 0 Å². The van der Waals surface area contributed by atoms with Crippen LogP contribution in [0.15, 0.2) is 53.0 Å². The van der Waals surface area contributed by atoms with Gasteiger partial charge >= 0.3 is 0 Å². The molecule has 1 atom stereocenters. The van der Waals surface area contributed by atoms with Crippen molar-refractivity contribution >= 4 is 27.5 Å². The molecule has 0 saturated heterocycles. The van der Waals surface area contributed by atoms with Gasteiger partial charge in [0.05, 0.1) is 26.2 Å². The fourth-order valence-electron chi connectivity index (χ4n) is 2.60. The minimum Gasteiger partial charge on any atom is -0.378 e. The molecule has 0 aliphatic heterocycles. The van der Waals surface area contributed by atoms with Crippen molar-refractivity contribution in [3.63, 3.8) is 0 Å². The molecule has 0 fully saturated rings. The standard InChI is InChI=1S/C19H24BrN3O/c1-22(2)15-11-9-14(10-12-15)18(23(3)4)13-21-19(24)16-7-5-6-8-17(16)20/h5-12,18H,13H2,1-4H3,(H,21,24)/p+1/t18-/m0/s1. The molecule has 0 radical (unpaired) electrons. The number of likely N-dealkylation sites (N-methyl/N-ethyl adjacent to an activating group) is 1. The van der Waals surface area contributed by atoms with Crippen molar-refractivity contribution in [2.24, 2.45) is 0 Å². The summed E-state index contributed by atoms with van der Waals surface area (Å²) in [6.45, 7) is 0.587. The maximum atomic E-state index is 12.4. The smallest absolute Gasteiger partial charge is 0.252 e. The molecule has 2 aromatic rings. The fourth-order valence-corrected chi connectivity index (χ4v) is 3.06. The van der Waals surface area contributed by atoms with E-state index < -0.39 is 0 Å². The number of anilines is 1. The van der Waals surface area contributed by atoms with Crippen LogP contribution in [0.5, 0.6) is 0 Å². The Morgan fingerprint density at radius 2 is 1.75 bits per heavy atom. The molecule has 0 saturated carbocycles. The first-order valence-corrected chi connectivity index (χ1v) is 8.79. The molecule has 2 N–H and O–H groups in total. The van der Waals surface area contributed by atoms with Gasteiger partial charge in [0.1, 0.15) is 6.04 Å². The monoisotopic (exact) mass is 390 g/mol. The molecule has 0 aliphatic rings. The van der Waals surface area contributed by atoms with Crippen LogP contribution in [0.2, 0.25) is 0 Å². The van der Waals surface area contributed by atoms with Crippen molar-refractivity contribution in [2.45, 2.75) is 6.04 Å². The topological polar surface area (TPSA) is 36.8 Å². The van der Waals surface area contributed by atoms with E-state index in [1.807, 2.05) is 38.4 Å². The molecule has 0 aromatic heterocycles. The number of amides is 1. The maximum absolute atomic E-state index is 12.4. The van der Waals surface area contributed by atoms with E-state index >= 15 is 0 Å². The van der Waals surface area contributed by atoms with Gasteiger partial charge in [-0.05, 0) is 40.2 Å². The number of nitrogens with one attached hydrogen (secondary N) is 2. The van der Waals surface area contributed by atoms with E-state index in [2.05, 4.69) is 64.5 Å². The van der Waals surface area contributed by atoms with Gasteiger partial charge in [0.25, 0.3) is 5.91 Å². The Hall–Kier alpha value is -1.85. The number of hydrogen-bond acceptors (Lipinski definition) is 2. The molecular weight excluding hydrogens is 366 g/mol. The Kier molecular flexibility index (Phi) is 6.40. The number of carbonyl (C=O) groups is 1. The second kappa shape index (κ2) is 8.31. The second-order valence-electron chi connectivity index (χ2n) is 6.31. The van der Waals surface area contributed by atoms with E-state index in [0.717, 1.165) is 4.47 Å². The lowest BCUT2D eigenvalue weighted by Gasteiger charge is -2.23. The summed E-state index contributed by atoms with van der Waals surface area (Å²) >= 11 is 3.43. The number of rotatable bonds is 6. The summed E-state index contributed by atoms with van der Waals surface area (Å²) in [6, 6.07) is 16.2. The highest BCUT2D eigenvalue weighted by Crippen LogP contribution is 2.17. The quantitative estimate of drug-likeness (QED) is 0.792. The van der Waals surface area contributed by atoms with E-state index in [-0.39, 0.29) is 11.9 Å². The van der Waals surface area contributed by atoms with Crippen molar-refractivity contribution in [1.82, 2.24) is 5.32 Å². The summed E-state index contributed by atoms with van der Waals surface area (Å²) in [6.07, 6.45) is 0. The van der Waals surface area contributed by atoms with Crippen molar-refractivity contribution in [1.29, 1.82) is 0 Å². The Labute approximate surface area is 152 Å². The van der Waals surface area contributed by atoms with Gasteiger partial charge in [0, 0.05) is 29.8 Å². The Balaban J connectivity index is 2.09. The lowest BCUT2D eigenvalue weighted by Crippen LogP contribution is -3.07. The second-order valence-corrected chi connectivity index (χ2v) is 7.16. The van der Waals surface area contributed by atoms with Crippen molar-refractivity contribution in [2.75, 3.05) is 39.6 Å². The predicted octanol–water partition coefficient (Wildman–Crippen LogP) is 2.13. The average Bonchev–Trinajstić information content (AvgIpc) is 2.55. The molecule has 128 valence electrons. The van der Waals surface area contributed by atoms with Crippen LogP contribution in [0, 0.1) is 0 Å². The third-order valence-electron chi connectivity index (χ3n) is 4.09. The lowest BCUT2D eigenvalue weighted by molar-refractivity contribution is -0.890. The first-order chi connectivity index (χ1) is 11.4. The van der Waals surface area contributed by atoms with Gasteiger partial charge < -0.3 is 15.1 Å². The molecule has 2 rings (SSSR count).